The van der Waals surface area contributed by atoms with Gasteiger partial charge < -0.3 is 75.3 Å². The molecule has 5 rings (SSSR count). The van der Waals surface area contributed by atoms with Gasteiger partial charge in [0.15, 0.2) is 11.9 Å². The van der Waals surface area contributed by atoms with Crippen LogP contribution < -0.4 is 55.3 Å². The molecule has 0 radical (unpaired) electrons. The number of amides is 9. The summed E-state index contributed by atoms with van der Waals surface area (Å²) in [6.07, 6.45) is 2.82. The van der Waals surface area contributed by atoms with Gasteiger partial charge in [0, 0.05) is 52.1 Å². The number of rotatable bonds is 26. The molecule has 2 aromatic carbocycles. The molecule has 0 bridgehead atoms. The van der Waals surface area contributed by atoms with E-state index >= 15 is 0 Å². The smallest absolute Gasteiger partial charge is 0.336 e. The molecule has 3 saturated heterocycles. The van der Waals surface area contributed by atoms with Crippen LogP contribution in [0.3, 0.4) is 0 Å². The summed E-state index contributed by atoms with van der Waals surface area (Å²) < 4.78 is 0. The van der Waals surface area contributed by atoms with Gasteiger partial charge in [-0.2, -0.15) is 0 Å². The number of nitrogens with two attached hydrogens (primary N) is 5. The highest BCUT2D eigenvalue weighted by atomic mass is 16.4. The van der Waals surface area contributed by atoms with Gasteiger partial charge in [0.25, 0.3) is 5.91 Å². The van der Waals surface area contributed by atoms with Gasteiger partial charge in [0.05, 0.1) is 19.2 Å². The topological polar surface area (TPSA) is 422 Å². The first-order valence-corrected chi connectivity index (χ1v) is 25.3. The first kappa shape index (κ1) is 58.8. The van der Waals surface area contributed by atoms with Crippen LogP contribution in [0.15, 0.2) is 70.6 Å². The summed E-state index contributed by atoms with van der Waals surface area (Å²) in [5, 5.41) is 35.2. The quantitative estimate of drug-likeness (QED) is 0.0243. The van der Waals surface area contributed by atoms with Crippen LogP contribution in [0.4, 0.5) is 4.79 Å². The van der Waals surface area contributed by atoms with Crippen molar-refractivity contribution >= 4 is 65.3 Å². The first-order chi connectivity index (χ1) is 36.4. The molecule has 0 aromatic heterocycles. The number of urea groups is 1. The fourth-order valence-corrected chi connectivity index (χ4v) is 9.23. The molecule has 17 N–H and O–H groups in total. The van der Waals surface area contributed by atoms with Gasteiger partial charge in [-0.05, 0) is 68.9 Å². The SMILES string of the molecule is NC(N)=NCCC[C@H](N)C(=O)N1CCC[C@H]1C(=O)N1CCC[C@H]1C(=O)NCC(=O)N[C@@H](Cc1ccccc1)C(=O)N[C@@H](CO)C(=O)N1CCCN1C(=O)N[C@@H](Cc1ccccc1)C(=O)N[C@H](CCCN=C(N)N)C(=O)O. The van der Waals surface area contributed by atoms with Gasteiger partial charge in [-0.25, -0.2) is 19.6 Å². The highest BCUT2D eigenvalue weighted by Crippen LogP contribution is 2.26. The van der Waals surface area contributed by atoms with Crippen LogP contribution in [-0.4, -0.2) is 190 Å². The molecule has 7 atom stereocenters. The predicted molar refractivity (Wildman–Crippen MR) is 276 cm³/mol. The average Bonchev–Trinajstić information content (AvgIpc) is 4.22. The van der Waals surface area contributed by atoms with Crippen molar-refractivity contribution in [1.82, 2.24) is 46.4 Å². The Balaban J connectivity index is 1.21. The number of likely N-dealkylation sites (tertiary alicyclic amines) is 2. The number of guanidine groups is 2. The van der Waals surface area contributed by atoms with E-state index in [4.69, 9.17) is 28.7 Å². The molecule has 9 amide bonds. The molecule has 3 fully saturated rings. The summed E-state index contributed by atoms with van der Waals surface area (Å²) in [5.74, 6) is -6.36. The minimum absolute atomic E-state index is 0.00582. The summed E-state index contributed by atoms with van der Waals surface area (Å²) in [7, 11) is 0. The molecular weight excluding hydrogens is 989 g/mol. The van der Waals surface area contributed by atoms with Crippen LogP contribution in [0, 0.1) is 0 Å². The molecule has 27 nitrogen and oxygen atoms in total. The summed E-state index contributed by atoms with van der Waals surface area (Å²) in [4.78, 5) is 133. The minimum atomic E-state index is -1.63. The number of aliphatic hydroxyl groups excluding tert-OH is 1. The van der Waals surface area contributed by atoms with E-state index in [0.717, 1.165) is 10.0 Å². The number of carboxylic acids is 1. The largest absolute Gasteiger partial charge is 0.480 e. The molecule has 3 aliphatic heterocycles. The lowest BCUT2D eigenvalue weighted by atomic mass is 10.0. The summed E-state index contributed by atoms with van der Waals surface area (Å²) in [6, 6.07) is 8.05. The third-order valence-electron chi connectivity index (χ3n) is 13.1. The average molecular weight is 1060 g/mol. The molecule has 76 heavy (non-hydrogen) atoms. The second kappa shape index (κ2) is 29.1. The maximum atomic E-state index is 14.1. The summed E-state index contributed by atoms with van der Waals surface area (Å²) >= 11 is 0. The van der Waals surface area contributed by atoms with Crippen molar-refractivity contribution in [3.63, 3.8) is 0 Å². The molecule has 3 aliphatic rings. The number of benzene rings is 2. The molecule has 2 aromatic rings. The van der Waals surface area contributed by atoms with Crippen LogP contribution in [0.1, 0.15) is 68.9 Å². The highest BCUT2D eigenvalue weighted by molar-refractivity contribution is 5.97. The second-order valence-corrected chi connectivity index (χ2v) is 18.7. The number of aliphatic imine (C=N–C) groups is 2. The van der Waals surface area contributed by atoms with Gasteiger partial charge in [-0.1, -0.05) is 60.7 Å². The van der Waals surface area contributed by atoms with E-state index in [1.165, 1.54) is 9.80 Å². The lowest BCUT2D eigenvalue weighted by Crippen LogP contribution is -2.61. The number of aliphatic hydroxyl groups is 1. The number of carbonyl (C=O) groups is 9. The Morgan fingerprint density at radius 2 is 1.13 bits per heavy atom. The number of nitrogens with zero attached hydrogens (tertiary/aromatic N) is 6. The normalized spacial score (nSPS) is 18.0. The summed E-state index contributed by atoms with van der Waals surface area (Å²) in [5.41, 5.74) is 28.9. The Hall–Kier alpha value is -8.07. The van der Waals surface area contributed by atoms with Gasteiger partial charge in [-0.3, -0.25) is 43.5 Å². The van der Waals surface area contributed by atoms with E-state index in [1.807, 2.05) is 0 Å². The molecule has 0 spiro atoms. The Morgan fingerprint density at radius 1 is 0.605 bits per heavy atom. The molecule has 414 valence electrons. The van der Waals surface area contributed by atoms with E-state index < -0.39 is 109 Å². The van der Waals surface area contributed by atoms with E-state index in [1.54, 1.807) is 60.7 Å². The molecule has 0 saturated carbocycles. The van der Waals surface area contributed by atoms with Crippen LogP contribution in [0.25, 0.3) is 0 Å². The van der Waals surface area contributed by atoms with E-state index in [9.17, 15) is 53.4 Å². The fourth-order valence-electron chi connectivity index (χ4n) is 9.23. The number of hydrazine groups is 1. The van der Waals surface area contributed by atoms with E-state index in [-0.39, 0.29) is 70.2 Å². The Bertz CT molecular complexity index is 2410. The van der Waals surface area contributed by atoms with Crippen LogP contribution in [0.5, 0.6) is 0 Å². The lowest BCUT2D eigenvalue weighted by Gasteiger charge is -2.32. The Morgan fingerprint density at radius 3 is 1.70 bits per heavy atom. The number of nitrogens with one attached hydrogen (secondary N) is 5. The maximum Gasteiger partial charge on any atom is 0.336 e. The molecule has 27 heteroatoms. The second-order valence-electron chi connectivity index (χ2n) is 18.7. The highest BCUT2D eigenvalue weighted by Gasteiger charge is 2.43. The number of aliphatic carboxylic acids is 1. The van der Waals surface area contributed by atoms with E-state index in [0.29, 0.717) is 62.7 Å². The molecule has 0 unspecified atom stereocenters. The van der Waals surface area contributed by atoms with Crippen LogP contribution >= 0.6 is 0 Å². The first-order valence-electron chi connectivity index (χ1n) is 25.3. The lowest BCUT2D eigenvalue weighted by molar-refractivity contribution is -0.147. The maximum absolute atomic E-state index is 14.1. The van der Waals surface area contributed by atoms with Crippen molar-refractivity contribution in [1.29, 1.82) is 0 Å². The molecule has 3 heterocycles. The molecular formula is C49H72N16O11. The third kappa shape index (κ3) is 17.3. The standard InChI is InChI=1S/C49H72N16O11/c50-32(16-7-20-55-47(51)52)43(71)63-23-10-19-38(63)45(73)62-22-9-18-37(62)42(70)57-28-39(67)58-34(26-30-12-3-1-4-13-30)40(68)60-36(29-66)44(72)64-24-11-25-65(64)49(76)61-35(27-31-14-5-2-6-15-31)41(69)59-33(46(74)75)17-8-21-56-48(53)54/h1-6,12-15,32-38,66H,7-11,16-29,50H2,(H,57,70)(H,58,67)(H,59,69)(H,60,68)(H,61,76)(H,74,75)(H4,51,52,55)(H4,53,54,56)/t32-,33+,34-,35-,36-,37-,38-/m0/s1. The minimum Gasteiger partial charge on any atom is -0.480 e. The third-order valence-corrected chi connectivity index (χ3v) is 13.1. The van der Waals surface area contributed by atoms with Crippen LogP contribution in [-0.2, 0) is 51.2 Å². The van der Waals surface area contributed by atoms with Gasteiger partial charge in [0.1, 0.15) is 36.3 Å². The zero-order chi connectivity index (χ0) is 55.3. The van der Waals surface area contributed by atoms with Crippen molar-refractivity contribution in [2.24, 2.45) is 38.7 Å². The zero-order valence-electron chi connectivity index (χ0n) is 42.4. The van der Waals surface area contributed by atoms with Gasteiger partial charge in [0.2, 0.25) is 35.4 Å². The fraction of sp³-hybridized carbons (Fsp3) is 0.531. The predicted octanol–water partition coefficient (Wildman–Crippen LogP) is -3.94. The Kier molecular flexibility index (Phi) is 22.5. The van der Waals surface area contributed by atoms with Crippen molar-refractivity contribution in [3.05, 3.63) is 71.8 Å². The zero-order valence-corrected chi connectivity index (χ0v) is 42.4. The molecule has 0 aliphatic carbocycles. The van der Waals surface area contributed by atoms with Crippen LogP contribution in [0.2, 0.25) is 0 Å². The Labute approximate surface area is 439 Å². The number of hydrogen-bond donors (Lipinski definition) is 12. The van der Waals surface area contributed by atoms with Crippen molar-refractivity contribution in [2.75, 3.05) is 52.4 Å². The number of hydrogen-bond acceptors (Lipinski definition) is 13. The van der Waals surface area contributed by atoms with Crippen molar-refractivity contribution < 1.29 is 53.4 Å². The summed E-state index contributed by atoms with van der Waals surface area (Å²) in [6.45, 7) is -0.568. The van der Waals surface area contributed by atoms with Gasteiger partial charge >= 0.3 is 12.0 Å². The van der Waals surface area contributed by atoms with Gasteiger partial charge in [-0.15, -0.1) is 0 Å². The van der Waals surface area contributed by atoms with Crippen molar-refractivity contribution in [3.8, 4) is 0 Å². The van der Waals surface area contributed by atoms with E-state index in [2.05, 4.69) is 36.6 Å². The van der Waals surface area contributed by atoms with Crippen molar-refractivity contribution in [2.45, 2.75) is 113 Å². The number of carboxylic acid groups (broad SMARTS) is 1. The number of carbonyl (C=O) groups excluding carboxylic acids is 8. The monoisotopic (exact) mass is 1060 g/mol.